The maximum Gasteiger partial charge on any atom is 0.261 e. The highest BCUT2D eigenvalue weighted by Gasteiger charge is 2.31. The van der Waals surface area contributed by atoms with Crippen LogP contribution in [0.3, 0.4) is 0 Å². The van der Waals surface area contributed by atoms with Gasteiger partial charge in [-0.2, -0.15) is 0 Å². The van der Waals surface area contributed by atoms with Crippen LogP contribution in [0.4, 0.5) is 0 Å². The van der Waals surface area contributed by atoms with Crippen LogP contribution in [-0.2, 0) is 22.6 Å². The number of nitrogens with zero attached hydrogens (tertiary/aromatic N) is 1. The number of carbonyl (C=O) groups excluding carboxylic acids is 2. The summed E-state index contributed by atoms with van der Waals surface area (Å²) in [6.07, 6.45) is 1.17. The van der Waals surface area contributed by atoms with Gasteiger partial charge < -0.3 is 15.0 Å². The van der Waals surface area contributed by atoms with Crippen molar-refractivity contribution in [1.29, 1.82) is 0 Å². The van der Waals surface area contributed by atoms with Gasteiger partial charge in [0.2, 0.25) is 5.91 Å². The molecule has 3 aromatic carbocycles. The van der Waals surface area contributed by atoms with E-state index in [1.165, 1.54) is 0 Å². The Morgan fingerprint density at radius 3 is 2.39 bits per heavy atom. The summed E-state index contributed by atoms with van der Waals surface area (Å²) in [5.41, 5.74) is 3.73. The summed E-state index contributed by atoms with van der Waals surface area (Å²) in [6.45, 7) is 7.91. The van der Waals surface area contributed by atoms with Crippen molar-refractivity contribution in [2.75, 3.05) is 6.61 Å². The lowest BCUT2D eigenvalue weighted by Crippen LogP contribution is -2.53. The molecule has 0 bridgehead atoms. The van der Waals surface area contributed by atoms with Crippen LogP contribution < -0.4 is 10.1 Å². The van der Waals surface area contributed by atoms with Crippen LogP contribution in [0.25, 0.3) is 0 Å². The van der Waals surface area contributed by atoms with E-state index in [4.69, 9.17) is 16.3 Å². The minimum absolute atomic E-state index is 0.0146. The molecule has 0 aliphatic heterocycles. The molecule has 3 rings (SSSR count). The van der Waals surface area contributed by atoms with E-state index < -0.39 is 6.04 Å². The van der Waals surface area contributed by atoms with Gasteiger partial charge in [-0.05, 0) is 61.6 Å². The van der Waals surface area contributed by atoms with Crippen molar-refractivity contribution in [3.05, 3.63) is 100 Å². The Morgan fingerprint density at radius 1 is 1.00 bits per heavy atom. The summed E-state index contributed by atoms with van der Waals surface area (Å²) in [7, 11) is 0. The fourth-order valence-corrected chi connectivity index (χ4v) is 4.09. The molecule has 0 aliphatic carbocycles. The largest absolute Gasteiger partial charge is 0.483 e. The van der Waals surface area contributed by atoms with Crippen LogP contribution in [-0.4, -0.2) is 35.4 Å². The molecule has 0 radical (unpaired) electrons. The molecule has 3 aromatic rings. The van der Waals surface area contributed by atoms with Gasteiger partial charge >= 0.3 is 0 Å². The van der Waals surface area contributed by atoms with E-state index in [1.807, 2.05) is 94.4 Å². The number of hydrogen-bond acceptors (Lipinski definition) is 3. The zero-order valence-electron chi connectivity index (χ0n) is 21.5. The minimum atomic E-state index is -0.729. The van der Waals surface area contributed by atoms with Crippen LogP contribution in [0.2, 0.25) is 5.02 Å². The van der Waals surface area contributed by atoms with Gasteiger partial charge in [0.05, 0.1) is 0 Å². The normalized spacial score (nSPS) is 12.5. The van der Waals surface area contributed by atoms with Crippen molar-refractivity contribution < 1.29 is 14.3 Å². The molecule has 2 atom stereocenters. The molecule has 0 saturated heterocycles. The lowest BCUT2D eigenvalue weighted by Gasteiger charge is -2.32. The second-order valence-electron chi connectivity index (χ2n) is 9.19. The Kier molecular flexibility index (Phi) is 9.95. The van der Waals surface area contributed by atoms with Gasteiger partial charge in [-0.1, -0.05) is 79.2 Å². The van der Waals surface area contributed by atoms with Gasteiger partial charge in [-0.15, -0.1) is 0 Å². The van der Waals surface area contributed by atoms with Gasteiger partial charge in [-0.25, -0.2) is 0 Å². The molecule has 0 heterocycles. The number of halogens is 1. The average Bonchev–Trinajstić information content (AvgIpc) is 2.87. The highest BCUT2D eigenvalue weighted by atomic mass is 35.5. The number of hydrogen-bond donors (Lipinski definition) is 1. The monoisotopic (exact) mass is 506 g/mol. The van der Waals surface area contributed by atoms with E-state index in [0.717, 1.165) is 28.7 Å². The van der Waals surface area contributed by atoms with Crippen molar-refractivity contribution in [1.82, 2.24) is 10.2 Å². The van der Waals surface area contributed by atoms with Crippen LogP contribution in [0.15, 0.2) is 72.8 Å². The smallest absolute Gasteiger partial charge is 0.261 e. The topological polar surface area (TPSA) is 58.6 Å². The summed E-state index contributed by atoms with van der Waals surface area (Å²) in [6, 6.07) is 22.3. The van der Waals surface area contributed by atoms with Gasteiger partial charge in [-0.3, -0.25) is 9.59 Å². The first-order chi connectivity index (χ1) is 17.3. The van der Waals surface area contributed by atoms with E-state index in [0.29, 0.717) is 17.2 Å². The Balaban J connectivity index is 1.94. The highest BCUT2D eigenvalue weighted by molar-refractivity contribution is 6.31. The zero-order chi connectivity index (χ0) is 26.1. The van der Waals surface area contributed by atoms with Crippen molar-refractivity contribution in [3.8, 4) is 5.75 Å². The van der Waals surface area contributed by atoms with E-state index >= 15 is 0 Å². The fraction of sp³-hybridized carbons (Fsp3) is 0.333. The molecule has 0 unspecified atom stereocenters. The predicted octanol–water partition coefficient (Wildman–Crippen LogP) is 5.89. The van der Waals surface area contributed by atoms with Crippen molar-refractivity contribution >= 4 is 23.4 Å². The molecular formula is C30H35ClN2O3. The number of nitrogens with one attached hydrogen (secondary N) is 1. The molecule has 2 amide bonds. The summed E-state index contributed by atoms with van der Waals surface area (Å²) in [5, 5.41) is 3.62. The maximum atomic E-state index is 13.7. The summed E-state index contributed by atoms with van der Waals surface area (Å²) >= 11 is 6.47. The lowest BCUT2D eigenvalue weighted by atomic mass is 10.0. The molecule has 0 spiro atoms. The molecule has 0 aliphatic rings. The van der Waals surface area contributed by atoms with Crippen LogP contribution in [0.1, 0.15) is 42.5 Å². The molecule has 0 aromatic heterocycles. The molecule has 190 valence electrons. The number of ether oxygens (including phenoxy) is 1. The Labute approximate surface area is 219 Å². The molecule has 0 saturated carbocycles. The second kappa shape index (κ2) is 13.1. The second-order valence-corrected chi connectivity index (χ2v) is 9.60. The molecule has 1 N–H and O–H groups in total. The quantitative estimate of drug-likeness (QED) is 0.352. The van der Waals surface area contributed by atoms with E-state index in [1.54, 1.807) is 11.0 Å². The maximum absolute atomic E-state index is 13.7. The average molecular weight is 507 g/mol. The van der Waals surface area contributed by atoms with E-state index in [-0.39, 0.29) is 31.0 Å². The lowest BCUT2D eigenvalue weighted by molar-refractivity contribution is -0.143. The zero-order valence-corrected chi connectivity index (χ0v) is 22.2. The molecule has 6 heteroatoms. The Hall–Kier alpha value is -3.31. The first-order valence-electron chi connectivity index (χ1n) is 12.4. The van der Waals surface area contributed by atoms with E-state index in [2.05, 4.69) is 5.32 Å². The van der Waals surface area contributed by atoms with Gasteiger partial charge in [0.15, 0.2) is 6.61 Å². The number of aryl methyl sites for hydroxylation is 2. The number of amides is 2. The number of benzene rings is 3. The fourth-order valence-electron chi connectivity index (χ4n) is 3.89. The number of rotatable bonds is 11. The standard InChI is InChI=1S/C30H35ClN2O3/c1-5-23(4)32-30(35)27(18-24-11-7-6-8-12-24)33(19-25-13-9-10-14-26(25)31)29(34)20-36-28-17-21(2)15-16-22(28)3/h6-17,23,27H,5,18-20H2,1-4H3,(H,32,35)/t23-,27+/m1/s1. The highest BCUT2D eigenvalue weighted by Crippen LogP contribution is 2.22. The number of carbonyl (C=O) groups is 2. The SMILES string of the molecule is CC[C@@H](C)NC(=O)[C@H](Cc1ccccc1)N(Cc1ccccc1Cl)C(=O)COc1cc(C)ccc1C. The predicted molar refractivity (Wildman–Crippen MR) is 145 cm³/mol. The third kappa shape index (κ3) is 7.59. The van der Waals surface area contributed by atoms with Gasteiger partial charge in [0.1, 0.15) is 11.8 Å². The molecule has 5 nitrogen and oxygen atoms in total. The minimum Gasteiger partial charge on any atom is -0.483 e. The van der Waals surface area contributed by atoms with Crippen LogP contribution in [0, 0.1) is 13.8 Å². The first kappa shape index (κ1) is 27.3. The van der Waals surface area contributed by atoms with Crippen molar-refractivity contribution in [3.63, 3.8) is 0 Å². The summed E-state index contributed by atoms with van der Waals surface area (Å²) in [5.74, 6) is 0.182. The third-order valence-electron chi connectivity index (χ3n) is 6.27. The van der Waals surface area contributed by atoms with Crippen molar-refractivity contribution in [2.45, 2.75) is 59.2 Å². The molecule has 36 heavy (non-hydrogen) atoms. The van der Waals surface area contributed by atoms with Crippen LogP contribution >= 0.6 is 11.6 Å². The molecular weight excluding hydrogens is 472 g/mol. The van der Waals surface area contributed by atoms with Gasteiger partial charge in [0, 0.05) is 24.0 Å². The summed E-state index contributed by atoms with van der Waals surface area (Å²) < 4.78 is 5.95. The van der Waals surface area contributed by atoms with Crippen molar-refractivity contribution in [2.24, 2.45) is 0 Å². The Morgan fingerprint density at radius 2 is 1.69 bits per heavy atom. The summed E-state index contributed by atoms with van der Waals surface area (Å²) in [4.78, 5) is 28.8. The molecule has 0 fully saturated rings. The van der Waals surface area contributed by atoms with Crippen LogP contribution in [0.5, 0.6) is 5.75 Å². The first-order valence-corrected chi connectivity index (χ1v) is 12.7. The Bertz CT molecular complexity index is 1170. The van der Waals surface area contributed by atoms with E-state index in [9.17, 15) is 9.59 Å². The third-order valence-corrected chi connectivity index (χ3v) is 6.63. The van der Waals surface area contributed by atoms with Gasteiger partial charge in [0.25, 0.3) is 5.91 Å².